The normalized spacial score (nSPS) is 10.2. The van der Waals surface area contributed by atoms with Gasteiger partial charge in [0.25, 0.3) is 5.91 Å². The van der Waals surface area contributed by atoms with Crippen LogP contribution in [0.3, 0.4) is 0 Å². The predicted molar refractivity (Wildman–Crippen MR) is 103 cm³/mol. The monoisotopic (exact) mass is 369 g/mol. The van der Waals surface area contributed by atoms with E-state index in [-0.39, 0.29) is 5.91 Å². The maximum atomic E-state index is 12.5. The molecule has 0 fully saturated rings. The van der Waals surface area contributed by atoms with Crippen LogP contribution < -0.4 is 19.5 Å². The SMILES string of the molecule is COc1cc(C(=O)Nc2ccsc2)cc(OC)c1OCc1ccccc1. The molecule has 0 bridgehead atoms. The van der Waals surface area contributed by atoms with Crippen molar-refractivity contribution in [2.75, 3.05) is 19.5 Å². The maximum Gasteiger partial charge on any atom is 0.255 e. The van der Waals surface area contributed by atoms with Crippen molar-refractivity contribution in [2.45, 2.75) is 6.61 Å². The quantitative estimate of drug-likeness (QED) is 0.661. The highest BCUT2D eigenvalue weighted by molar-refractivity contribution is 7.08. The van der Waals surface area contributed by atoms with Crippen LogP contribution in [0.25, 0.3) is 0 Å². The number of methoxy groups -OCH3 is 2. The molecular weight excluding hydrogens is 350 g/mol. The summed E-state index contributed by atoms with van der Waals surface area (Å²) in [6, 6.07) is 14.9. The molecule has 0 aliphatic rings. The van der Waals surface area contributed by atoms with Crippen LogP contribution in [0.15, 0.2) is 59.3 Å². The molecule has 1 amide bonds. The molecule has 1 N–H and O–H groups in total. The fourth-order valence-electron chi connectivity index (χ4n) is 2.42. The van der Waals surface area contributed by atoms with Gasteiger partial charge in [0, 0.05) is 10.9 Å². The molecule has 1 aromatic heterocycles. The molecule has 0 radical (unpaired) electrons. The topological polar surface area (TPSA) is 56.8 Å². The summed E-state index contributed by atoms with van der Waals surface area (Å²) in [5.74, 6) is 1.10. The van der Waals surface area contributed by atoms with Gasteiger partial charge in [-0.15, -0.1) is 0 Å². The highest BCUT2D eigenvalue weighted by atomic mass is 32.1. The smallest absolute Gasteiger partial charge is 0.255 e. The summed E-state index contributed by atoms with van der Waals surface area (Å²) in [7, 11) is 3.06. The molecule has 1 heterocycles. The van der Waals surface area contributed by atoms with Crippen LogP contribution >= 0.6 is 11.3 Å². The number of carbonyl (C=O) groups is 1. The number of nitrogens with one attached hydrogen (secondary N) is 1. The Hall–Kier alpha value is -2.99. The Kier molecular flexibility index (Phi) is 5.76. The van der Waals surface area contributed by atoms with Crippen molar-refractivity contribution in [1.29, 1.82) is 0 Å². The molecule has 0 atom stereocenters. The third-order valence-electron chi connectivity index (χ3n) is 3.73. The molecule has 0 saturated heterocycles. The molecule has 2 aromatic carbocycles. The summed E-state index contributed by atoms with van der Waals surface area (Å²) in [6.07, 6.45) is 0. The lowest BCUT2D eigenvalue weighted by atomic mass is 10.1. The van der Waals surface area contributed by atoms with Crippen LogP contribution in [0.5, 0.6) is 17.2 Å². The van der Waals surface area contributed by atoms with Crippen LogP contribution in [0, 0.1) is 0 Å². The van der Waals surface area contributed by atoms with E-state index in [9.17, 15) is 4.79 Å². The zero-order valence-electron chi connectivity index (χ0n) is 14.5. The van der Waals surface area contributed by atoms with Crippen molar-refractivity contribution in [1.82, 2.24) is 0 Å². The first kappa shape index (κ1) is 17.8. The van der Waals surface area contributed by atoms with Crippen molar-refractivity contribution in [3.63, 3.8) is 0 Å². The summed E-state index contributed by atoms with van der Waals surface area (Å²) in [6.45, 7) is 0.369. The van der Waals surface area contributed by atoms with E-state index in [0.717, 1.165) is 11.3 Å². The van der Waals surface area contributed by atoms with Crippen molar-refractivity contribution in [3.05, 3.63) is 70.4 Å². The minimum Gasteiger partial charge on any atom is -0.493 e. The highest BCUT2D eigenvalue weighted by Gasteiger charge is 2.18. The summed E-state index contributed by atoms with van der Waals surface area (Å²) in [5.41, 5.74) is 2.20. The van der Waals surface area contributed by atoms with Crippen LogP contribution in [0.1, 0.15) is 15.9 Å². The van der Waals surface area contributed by atoms with Crippen LogP contribution in [-0.2, 0) is 6.61 Å². The summed E-state index contributed by atoms with van der Waals surface area (Å²) < 4.78 is 16.7. The van der Waals surface area contributed by atoms with E-state index < -0.39 is 0 Å². The molecule has 5 nitrogen and oxygen atoms in total. The number of ether oxygens (including phenoxy) is 3. The number of amides is 1. The second-order valence-corrected chi connectivity index (χ2v) is 6.23. The fraction of sp³-hybridized carbons (Fsp3) is 0.150. The average molecular weight is 369 g/mol. The minimum atomic E-state index is -0.241. The van der Waals surface area contributed by atoms with Crippen molar-refractivity contribution >= 4 is 22.9 Å². The molecule has 0 aliphatic carbocycles. The van der Waals surface area contributed by atoms with Gasteiger partial charge < -0.3 is 19.5 Å². The van der Waals surface area contributed by atoms with Crippen LogP contribution in [0.4, 0.5) is 5.69 Å². The van der Waals surface area contributed by atoms with Gasteiger partial charge in [-0.25, -0.2) is 0 Å². The zero-order chi connectivity index (χ0) is 18.4. The van der Waals surface area contributed by atoms with Gasteiger partial charge in [-0.05, 0) is 29.1 Å². The van der Waals surface area contributed by atoms with E-state index >= 15 is 0 Å². The van der Waals surface area contributed by atoms with Gasteiger partial charge in [-0.1, -0.05) is 30.3 Å². The lowest BCUT2D eigenvalue weighted by Crippen LogP contribution is -2.12. The van der Waals surface area contributed by atoms with E-state index in [1.165, 1.54) is 25.6 Å². The molecule has 134 valence electrons. The van der Waals surface area contributed by atoms with Gasteiger partial charge in [0.1, 0.15) is 6.61 Å². The molecule has 0 spiro atoms. The Balaban J connectivity index is 1.84. The number of thiophene rings is 1. The Morgan fingerprint density at radius 3 is 2.31 bits per heavy atom. The second-order valence-electron chi connectivity index (χ2n) is 5.45. The number of rotatable bonds is 7. The van der Waals surface area contributed by atoms with E-state index in [0.29, 0.717) is 29.4 Å². The van der Waals surface area contributed by atoms with Gasteiger partial charge in [-0.2, -0.15) is 11.3 Å². The first-order valence-electron chi connectivity index (χ1n) is 7.97. The molecule has 26 heavy (non-hydrogen) atoms. The lowest BCUT2D eigenvalue weighted by molar-refractivity contribution is 0.102. The van der Waals surface area contributed by atoms with Gasteiger partial charge in [0.2, 0.25) is 5.75 Å². The van der Waals surface area contributed by atoms with Gasteiger partial charge >= 0.3 is 0 Å². The molecule has 0 unspecified atom stereocenters. The lowest BCUT2D eigenvalue weighted by Gasteiger charge is -2.16. The number of benzene rings is 2. The van der Waals surface area contributed by atoms with Crippen LogP contribution in [0.2, 0.25) is 0 Å². The maximum absolute atomic E-state index is 12.5. The van der Waals surface area contributed by atoms with E-state index in [1.807, 2.05) is 47.2 Å². The van der Waals surface area contributed by atoms with Gasteiger partial charge in [0.15, 0.2) is 11.5 Å². The molecule has 0 saturated carbocycles. The summed E-state index contributed by atoms with van der Waals surface area (Å²) in [5, 5.41) is 6.60. The molecule has 0 aliphatic heterocycles. The first-order valence-corrected chi connectivity index (χ1v) is 8.92. The van der Waals surface area contributed by atoms with Gasteiger partial charge in [0.05, 0.1) is 19.9 Å². The number of hydrogen-bond acceptors (Lipinski definition) is 5. The third-order valence-corrected chi connectivity index (χ3v) is 4.41. The van der Waals surface area contributed by atoms with Crippen molar-refractivity contribution < 1.29 is 19.0 Å². The predicted octanol–water partition coefficient (Wildman–Crippen LogP) is 4.60. The molecule has 3 rings (SSSR count). The Labute approximate surface area is 156 Å². The van der Waals surface area contributed by atoms with E-state index in [1.54, 1.807) is 12.1 Å². The highest BCUT2D eigenvalue weighted by Crippen LogP contribution is 2.39. The molecule has 3 aromatic rings. The van der Waals surface area contributed by atoms with Crippen molar-refractivity contribution in [3.8, 4) is 17.2 Å². The Bertz CT molecular complexity index is 838. The standard InChI is InChI=1S/C20H19NO4S/c1-23-17-10-15(20(22)21-16-8-9-26-13-16)11-18(24-2)19(17)25-12-14-6-4-3-5-7-14/h3-11,13H,12H2,1-2H3,(H,21,22). The zero-order valence-corrected chi connectivity index (χ0v) is 15.3. The largest absolute Gasteiger partial charge is 0.493 e. The van der Waals surface area contributed by atoms with Crippen molar-refractivity contribution in [2.24, 2.45) is 0 Å². The Morgan fingerprint density at radius 1 is 1.04 bits per heavy atom. The molecule has 6 heteroatoms. The fourth-order valence-corrected chi connectivity index (χ4v) is 3.01. The number of hydrogen-bond donors (Lipinski definition) is 1. The average Bonchev–Trinajstić information content (AvgIpc) is 3.19. The molecular formula is C20H19NO4S. The van der Waals surface area contributed by atoms with Crippen LogP contribution in [-0.4, -0.2) is 20.1 Å². The number of carbonyl (C=O) groups excluding carboxylic acids is 1. The third kappa shape index (κ3) is 4.15. The van der Waals surface area contributed by atoms with E-state index in [2.05, 4.69) is 5.32 Å². The summed E-state index contributed by atoms with van der Waals surface area (Å²) in [4.78, 5) is 12.5. The van der Waals surface area contributed by atoms with Gasteiger partial charge in [-0.3, -0.25) is 4.79 Å². The number of anilines is 1. The first-order chi connectivity index (χ1) is 12.7. The minimum absolute atomic E-state index is 0.241. The Morgan fingerprint density at radius 2 is 1.73 bits per heavy atom. The second kappa shape index (κ2) is 8.40. The van der Waals surface area contributed by atoms with E-state index in [4.69, 9.17) is 14.2 Å². The summed E-state index contributed by atoms with van der Waals surface area (Å²) >= 11 is 1.51.